The fourth-order valence-electron chi connectivity index (χ4n) is 3.05. The Morgan fingerprint density at radius 1 is 1.15 bits per heavy atom. The summed E-state index contributed by atoms with van der Waals surface area (Å²) in [4.78, 5) is 27.0. The van der Waals surface area contributed by atoms with Gasteiger partial charge in [-0.15, -0.1) is 11.3 Å². The molecule has 1 aliphatic heterocycles. The molecule has 0 saturated carbocycles. The second kappa shape index (κ2) is 8.85. The van der Waals surface area contributed by atoms with Crippen LogP contribution >= 0.6 is 11.3 Å². The number of thiophene rings is 1. The van der Waals surface area contributed by atoms with Crippen LogP contribution in [0.3, 0.4) is 0 Å². The molecule has 0 aliphatic carbocycles. The van der Waals surface area contributed by atoms with Crippen LogP contribution in [-0.2, 0) is 16.1 Å². The SMILES string of the molecule is CCOC(=O)c1csc(C2CCN(C(=O)OCc3ccccc3)CC2)c1. The molecule has 2 aromatic rings. The van der Waals surface area contributed by atoms with Gasteiger partial charge in [-0.3, -0.25) is 0 Å². The normalized spacial score (nSPS) is 14.9. The number of ether oxygens (including phenoxy) is 2. The summed E-state index contributed by atoms with van der Waals surface area (Å²) >= 11 is 1.59. The van der Waals surface area contributed by atoms with Crippen LogP contribution in [0.5, 0.6) is 0 Å². The Labute approximate surface area is 157 Å². The van der Waals surface area contributed by atoms with E-state index < -0.39 is 0 Å². The van der Waals surface area contributed by atoms with E-state index in [1.54, 1.807) is 23.2 Å². The van der Waals surface area contributed by atoms with Crippen molar-refractivity contribution in [3.8, 4) is 0 Å². The molecule has 0 radical (unpaired) electrons. The zero-order valence-corrected chi connectivity index (χ0v) is 15.7. The Morgan fingerprint density at radius 3 is 2.58 bits per heavy atom. The van der Waals surface area contributed by atoms with E-state index in [-0.39, 0.29) is 12.1 Å². The number of hydrogen-bond donors (Lipinski definition) is 0. The second-order valence-electron chi connectivity index (χ2n) is 6.26. The lowest BCUT2D eigenvalue weighted by molar-refractivity contribution is 0.0527. The molecule has 1 aromatic carbocycles. The molecule has 1 aromatic heterocycles. The summed E-state index contributed by atoms with van der Waals surface area (Å²) in [5, 5.41) is 1.85. The highest BCUT2D eigenvalue weighted by Crippen LogP contribution is 2.33. The fourth-order valence-corrected chi connectivity index (χ4v) is 4.10. The van der Waals surface area contributed by atoms with Gasteiger partial charge in [0.1, 0.15) is 6.61 Å². The molecule has 1 aliphatic rings. The number of amides is 1. The van der Waals surface area contributed by atoms with Crippen molar-refractivity contribution in [3.05, 3.63) is 57.8 Å². The van der Waals surface area contributed by atoms with E-state index in [2.05, 4.69) is 0 Å². The van der Waals surface area contributed by atoms with E-state index in [9.17, 15) is 9.59 Å². The topological polar surface area (TPSA) is 55.8 Å². The molecule has 0 N–H and O–H groups in total. The van der Waals surface area contributed by atoms with Crippen LogP contribution in [0.4, 0.5) is 4.79 Å². The molecule has 1 saturated heterocycles. The molecule has 5 nitrogen and oxygen atoms in total. The van der Waals surface area contributed by atoms with Gasteiger partial charge in [0.15, 0.2) is 0 Å². The van der Waals surface area contributed by atoms with Gasteiger partial charge in [0.2, 0.25) is 0 Å². The molecule has 138 valence electrons. The summed E-state index contributed by atoms with van der Waals surface area (Å²) < 4.78 is 10.4. The Balaban J connectivity index is 1.48. The monoisotopic (exact) mass is 373 g/mol. The number of likely N-dealkylation sites (tertiary alicyclic amines) is 1. The van der Waals surface area contributed by atoms with Crippen LogP contribution < -0.4 is 0 Å². The lowest BCUT2D eigenvalue weighted by Crippen LogP contribution is -2.38. The zero-order chi connectivity index (χ0) is 18.4. The van der Waals surface area contributed by atoms with Crippen LogP contribution in [0.1, 0.15) is 46.5 Å². The average Bonchev–Trinajstić information content (AvgIpc) is 3.18. The van der Waals surface area contributed by atoms with Crippen molar-refractivity contribution in [3.63, 3.8) is 0 Å². The van der Waals surface area contributed by atoms with Crippen molar-refractivity contribution < 1.29 is 19.1 Å². The number of carbonyl (C=O) groups is 2. The number of hydrogen-bond acceptors (Lipinski definition) is 5. The summed E-state index contributed by atoms with van der Waals surface area (Å²) in [7, 11) is 0. The number of nitrogens with zero attached hydrogens (tertiary/aromatic N) is 1. The molecule has 1 amide bonds. The number of carbonyl (C=O) groups excluding carboxylic acids is 2. The number of piperidine rings is 1. The first-order chi connectivity index (χ1) is 12.7. The van der Waals surface area contributed by atoms with Gasteiger partial charge < -0.3 is 14.4 Å². The van der Waals surface area contributed by atoms with E-state index in [4.69, 9.17) is 9.47 Å². The predicted octanol–water partition coefficient (Wildman–Crippen LogP) is 4.44. The van der Waals surface area contributed by atoms with Crippen molar-refractivity contribution in [2.24, 2.45) is 0 Å². The summed E-state index contributed by atoms with van der Waals surface area (Å²) in [6.45, 7) is 3.83. The Bertz CT molecular complexity index is 735. The van der Waals surface area contributed by atoms with Gasteiger partial charge in [-0.25, -0.2) is 9.59 Å². The van der Waals surface area contributed by atoms with E-state index >= 15 is 0 Å². The summed E-state index contributed by atoms with van der Waals surface area (Å²) in [5.41, 5.74) is 1.61. The Hall–Kier alpha value is -2.34. The number of rotatable bonds is 5. The smallest absolute Gasteiger partial charge is 0.410 e. The maximum Gasteiger partial charge on any atom is 0.410 e. The second-order valence-corrected chi connectivity index (χ2v) is 7.20. The lowest BCUT2D eigenvalue weighted by atomic mass is 9.95. The first kappa shape index (κ1) is 18.5. The van der Waals surface area contributed by atoms with Gasteiger partial charge in [0.05, 0.1) is 12.2 Å². The van der Waals surface area contributed by atoms with Crippen LogP contribution in [-0.4, -0.2) is 36.7 Å². The zero-order valence-electron chi connectivity index (χ0n) is 14.8. The van der Waals surface area contributed by atoms with Crippen molar-refractivity contribution in [1.82, 2.24) is 4.90 Å². The van der Waals surface area contributed by atoms with Crippen molar-refractivity contribution in [2.75, 3.05) is 19.7 Å². The quantitative estimate of drug-likeness (QED) is 0.727. The van der Waals surface area contributed by atoms with Gasteiger partial charge in [0, 0.05) is 23.3 Å². The largest absolute Gasteiger partial charge is 0.462 e. The van der Waals surface area contributed by atoms with Gasteiger partial charge in [0.25, 0.3) is 0 Å². The van der Waals surface area contributed by atoms with Gasteiger partial charge in [-0.2, -0.15) is 0 Å². The van der Waals surface area contributed by atoms with Gasteiger partial charge in [-0.05, 0) is 37.3 Å². The Kier molecular flexibility index (Phi) is 6.28. The summed E-state index contributed by atoms with van der Waals surface area (Å²) in [6.07, 6.45) is 1.50. The van der Waals surface area contributed by atoms with Crippen molar-refractivity contribution >= 4 is 23.4 Å². The highest BCUT2D eigenvalue weighted by Gasteiger charge is 2.26. The summed E-state index contributed by atoms with van der Waals surface area (Å²) in [5.74, 6) is 0.110. The first-order valence-electron chi connectivity index (χ1n) is 8.88. The number of esters is 1. The van der Waals surface area contributed by atoms with Crippen LogP contribution in [0.15, 0.2) is 41.8 Å². The Morgan fingerprint density at radius 2 is 1.88 bits per heavy atom. The molecule has 6 heteroatoms. The molecular weight excluding hydrogens is 350 g/mol. The minimum Gasteiger partial charge on any atom is -0.462 e. The van der Waals surface area contributed by atoms with Gasteiger partial charge in [-0.1, -0.05) is 30.3 Å². The molecule has 0 atom stereocenters. The molecule has 2 heterocycles. The molecular formula is C20H23NO4S. The maximum atomic E-state index is 12.2. The van der Waals surface area contributed by atoms with Crippen LogP contribution in [0, 0.1) is 0 Å². The average molecular weight is 373 g/mol. The van der Waals surface area contributed by atoms with E-state index in [0.717, 1.165) is 18.4 Å². The third-order valence-electron chi connectivity index (χ3n) is 4.49. The van der Waals surface area contributed by atoms with Gasteiger partial charge >= 0.3 is 12.1 Å². The third-order valence-corrected chi connectivity index (χ3v) is 5.59. The van der Waals surface area contributed by atoms with Crippen LogP contribution in [0.25, 0.3) is 0 Å². The van der Waals surface area contributed by atoms with Crippen molar-refractivity contribution in [1.29, 1.82) is 0 Å². The summed E-state index contributed by atoms with van der Waals surface area (Å²) in [6, 6.07) is 11.6. The van der Waals surface area contributed by atoms with Crippen LogP contribution in [0.2, 0.25) is 0 Å². The molecule has 0 unspecified atom stereocenters. The molecule has 0 spiro atoms. The molecule has 0 bridgehead atoms. The molecule has 3 rings (SSSR count). The minimum absolute atomic E-state index is 0.259. The van der Waals surface area contributed by atoms with E-state index in [0.29, 0.717) is 37.8 Å². The first-order valence-corrected chi connectivity index (χ1v) is 9.76. The minimum atomic E-state index is -0.267. The van der Waals surface area contributed by atoms with E-state index in [1.165, 1.54) is 4.88 Å². The highest BCUT2D eigenvalue weighted by molar-refractivity contribution is 7.10. The predicted molar refractivity (Wildman–Crippen MR) is 100 cm³/mol. The molecule has 26 heavy (non-hydrogen) atoms. The molecule has 1 fully saturated rings. The number of benzene rings is 1. The highest BCUT2D eigenvalue weighted by atomic mass is 32.1. The van der Waals surface area contributed by atoms with E-state index in [1.807, 2.05) is 41.8 Å². The van der Waals surface area contributed by atoms with Crippen molar-refractivity contribution in [2.45, 2.75) is 32.3 Å². The standard InChI is InChI=1S/C20H23NO4S/c1-2-24-19(22)17-12-18(26-14-17)16-8-10-21(11-9-16)20(23)25-13-15-6-4-3-5-7-15/h3-7,12,14,16H,2,8-11,13H2,1H3. The lowest BCUT2D eigenvalue weighted by Gasteiger charge is -2.30. The fraction of sp³-hybridized carbons (Fsp3) is 0.400. The maximum absolute atomic E-state index is 12.2. The third kappa shape index (κ3) is 4.64.